The average molecular weight is 1420 g/mol. The van der Waals surface area contributed by atoms with Crippen molar-refractivity contribution in [1.82, 2.24) is 29.9 Å². The van der Waals surface area contributed by atoms with Crippen molar-refractivity contribution in [3.05, 3.63) is 394 Å². The Morgan fingerprint density at radius 2 is 0.413 bits per heavy atom. The molecule has 0 amide bonds. The van der Waals surface area contributed by atoms with Crippen molar-refractivity contribution in [3.63, 3.8) is 0 Å². The number of nitrogens with zero attached hydrogens (tertiary/aromatic N) is 6. The van der Waals surface area contributed by atoms with Crippen LogP contribution in [0, 0.1) is 0 Å². The maximum Gasteiger partial charge on any atom is 0.180 e. The van der Waals surface area contributed by atoms with E-state index in [1.165, 1.54) is 91.6 Å². The summed E-state index contributed by atoms with van der Waals surface area (Å²) in [4.78, 5) is 30.9. The summed E-state index contributed by atoms with van der Waals surface area (Å²) in [5.74, 6) is 3.94. The molecule has 6 nitrogen and oxygen atoms in total. The average Bonchev–Trinajstić information content (AvgIpc) is 1.59. The lowest BCUT2D eigenvalue weighted by molar-refractivity contribution is 1.08. The molecule has 0 fully saturated rings. The van der Waals surface area contributed by atoms with Gasteiger partial charge in [-0.15, -0.1) is 0 Å². The molecule has 4 heterocycles. The molecule has 21 rings (SSSR count). The van der Waals surface area contributed by atoms with Gasteiger partial charge in [-0.25, -0.2) is 29.9 Å². The summed E-state index contributed by atoms with van der Waals surface area (Å²) in [6, 6.07) is 142. The predicted octanol–water partition coefficient (Wildman–Crippen LogP) is 20.1. The zero-order valence-electron chi connectivity index (χ0n) is 59.7. The Hall–Kier alpha value is -13.8. The van der Waals surface area contributed by atoms with Gasteiger partial charge >= 0.3 is 0 Å². The van der Waals surface area contributed by atoms with Gasteiger partial charge in [-0.2, -0.15) is 0 Å². The van der Waals surface area contributed by atoms with Gasteiger partial charge < -0.3 is 0 Å². The number of benzene rings is 17. The van der Waals surface area contributed by atoms with Gasteiger partial charge in [0, 0.05) is 33.4 Å². The van der Waals surface area contributed by atoms with Gasteiger partial charge in [-0.05, 0) is 136 Å². The lowest BCUT2D eigenvalue weighted by Gasteiger charge is -2.31. The molecule has 0 saturated carbocycles. The van der Waals surface area contributed by atoms with Gasteiger partial charge in [-0.1, -0.05) is 389 Å². The highest BCUT2D eigenvalue weighted by Gasteiger charge is 2.49. The second-order valence-electron chi connectivity index (χ2n) is 28.3. The monoisotopic (exact) mass is 1420 g/mol. The predicted molar refractivity (Wildman–Crippen MR) is 458 cm³/mol. The Morgan fingerprint density at radius 1 is 0.174 bits per heavy atom. The van der Waals surface area contributed by atoms with Crippen LogP contribution in [0.3, 0.4) is 0 Å². The first-order chi connectivity index (χ1) is 54.0. The van der Waals surface area contributed by atoms with E-state index in [0.717, 1.165) is 65.7 Å². The van der Waals surface area contributed by atoms with Crippen molar-refractivity contribution < 1.29 is 0 Å². The lowest BCUT2D eigenvalue weighted by atomic mass is 9.87. The summed E-state index contributed by atoms with van der Waals surface area (Å²) in [5, 5.41) is 19.2. The summed E-state index contributed by atoms with van der Waals surface area (Å²) in [6.07, 6.45) is 0. The summed E-state index contributed by atoms with van der Waals surface area (Å²) in [6.45, 7) is 2.51. The number of hydrogen-bond acceptors (Lipinski definition) is 6. The molecule has 109 heavy (non-hydrogen) atoms. The topological polar surface area (TPSA) is 77.3 Å². The van der Waals surface area contributed by atoms with Crippen molar-refractivity contribution in [1.29, 1.82) is 0 Å². The summed E-state index contributed by atoms with van der Waals surface area (Å²) in [5.41, 5.74) is 16.0. The Kier molecular flexibility index (Phi) is 16.0. The standard InChI is InChI=1S/C53H35N3Si.C48H33N3Si/c1-5-19-36(20-6-1)51-54-52(37-21-7-2-8-22-37)56-53(55-51)50-44-30-15-13-28-42(44)49(43-29-14-16-31-45(43)50)38-33-34-48-46(35-38)41-27-17-18-32-47(41)57(48,39-23-9-3-10-24-39)40-25-11-4-12-26-40;1-52(35-21-9-4-10-22-35)42-28-16-15-23-36(42)41-31-34(29-30-43(41)52)44-37-24-11-13-26-39(37)45(40-27-14-12-25-38(40)44)48-50-46(32-17-5-2-6-18-32)49-47(51-48)33-19-7-3-8-20-33/h1-35H;2-31H,1H3. The molecule has 1 unspecified atom stereocenters. The molecule has 8 heteroatoms. The van der Waals surface area contributed by atoms with Crippen LogP contribution in [-0.4, -0.2) is 46.1 Å². The first-order valence-corrected chi connectivity index (χ1v) is 41.7. The zero-order chi connectivity index (χ0) is 72.4. The summed E-state index contributed by atoms with van der Waals surface area (Å²) in [7, 11) is -4.78. The van der Waals surface area contributed by atoms with Crippen LogP contribution >= 0.6 is 0 Å². The van der Waals surface area contributed by atoms with E-state index in [9.17, 15) is 0 Å². The van der Waals surface area contributed by atoms with Crippen molar-refractivity contribution in [3.8, 4) is 113 Å². The molecule has 2 aliphatic heterocycles. The third-order valence-electron chi connectivity index (χ3n) is 22.4. The fourth-order valence-corrected chi connectivity index (χ4v) is 26.8. The van der Waals surface area contributed by atoms with E-state index in [1.807, 2.05) is 72.8 Å². The maximum absolute atomic E-state index is 5.23. The Morgan fingerprint density at radius 3 is 0.771 bits per heavy atom. The normalized spacial score (nSPS) is 13.7. The highest BCUT2D eigenvalue weighted by Crippen LogP contribution is 2.47. The second kappa shape index (κ2) is 27.0. The first kappa shape index (κ1) is 64.8. The third-order valence-corrected chi connectivity index (χ3v) is 31.8. The first-order valence-electron chi connectivity index (χ1n) is 37.2. The van der Waals surface area contributed by atoms with Crippen LogP contribution in [0.5, 0.6) is 0 Å². The van der Waals surface area contributed by atoms with Crippen LogP contribution in [0.25, 0.3) is 156 Å². The number of fused-ring (bicyclic) bond motifs is 10. The molecule has 510 valence electrons. The smallest absolute Gasteiger partial charge is 0.180 e. The lowest BCUT2D eigenvalue weighted by Crippen LogP contribution is -2.72. The van der Waals surface area contributed by atoms with Crippen LogP contribution in [0.1, 0.15) is 0 Å². The van der Waals surface area contributed by atoms with E-state index < -0.39 is 16.1 Å². The summed E-state index contributed by atoms with van der Waals surface area (Å²) >= 11 is 0. The second-order valence-corrected chi connectivity index (χ2v) is 36.0. The molecule has 2 aromatic heterocycles. The molecule has 0 N–H and O–H groups in total. The summed E-state index contributed by atoms with van der Waals surface area (Å²) < 4.78 is 0. The number of hydrogen-bond donors (Lipinski definition) is 0. The molecule has 0 aliphatic carbocycles. The molecular formula is C101H68N6Si2. The number of rotatable bonds is 11. The van der Waals surface area contributed by atoms with Crippen LogP contribution in [-0.2, 0) is 0 Å². The minimum Gasteiger partial charge on any atom is -0.208 e. The molecule has 0 spiro atoms. The quantitative estimate of drug-likeness (QED) is 0.0949. The number of aromatic nitrogens is 6. The molecule has 1 atom stereocenters. The Labute approximate surface area is 634 Å². The Balaban J connectivity index is 0.000000144. The largest absolute Gasteiger partial charge is 0.208 e. The molecule has 19 aromatic rings. The fraction of sp³-hybridized carbons (Fsp3) is 0.00990. The van der Waals surface area contributed by atoms with Gasteiger partial charge in [0.05, 0.1) is 0 Å². The highest BCUT2D eigenvalue weighted by molar-refractivity contribution is 7.22. The SMILES string of the molecule is C[Si]1(c2ccccc2)c2ccccc2-c2cc(-c3c4ccccc4c(-c4nc(-c5ccccc5)nc(-c5ccccc5)n4)c4ccccc34)ccc21.c1ccc(-c2nc(-c3ccccc3)nc(-c3c4ccccc4c(-c4ccc5c(c4)-c4ccccc4[Si]5(c4ccccc4)c4ccccc4)c4ccccc34)n2)cc1. The Bertz CT molecular complexity index is 6460. The molecule has 0 saturated heterocycles. The van der Waals surface area contributed by atoms with E-state index in [-0.39, 0.29) is 0 Å². The van der Waals surface area contributed by atoms with E-state index in [1.54, 1.807) is 0 Å². The molecular weight excluding hydrogens is 1350 g/mol. The van der Waals surface area contributed by atoms with Crippen LogP contribution < -0.4 is 36.3 Å². The maximum atomic E-state index is 5.23. The fourth-order valence-electron chi connectivity index (χ4n) is 17.5. The molecule has 0 radical (unpaired) electrons. The van der Waals surface area contributed by atoms with Gasteiger partial charge in [-0.3, -0.25) is 0 Å². The van der Waals surface area contributed by atoms with Crippen molar-refractivity contribution in [2.75, 3.05) is 0 Å². The van der Waals surface area contributed by atoms with Crippen LogP contribution in [0.2, 0.25) is 6.55 Å². The van der Waals surface area contributed by atoms with E-state index in [2.05, 4.69) is 328 Å². The minimum atomic E-state index is -2.60. The van der Waals surface area contributed by atoms with Crippen LogP contribution in [0.4, 0.5) is 0 Å². The van der Waals surface area contributed by atoms with Crippen molar-refractivity contribution in [2.24, 2.45) is 0 Å². The van der Waals surface area contributed by atoms with Gasteiger partial charge in [0.2, 0.25) is 0 Å². The van der Waals surface area contributed by atoms with E-state index >= 15 is 0 Å². The third kappa shape index (κ3) is 10.8. The van der Waals surface area contributed by atoms with Crippen LogP contribution in [0.15, 0.2) is 394 Å². The molecule has 0 bridgehead atoms. The molecule has 2 aliphatic rings. The van der Waals surface area contributed by atoms with Gasteiger partial charge in [0.1, 0.15) is 8.07 Å². The highest BCUT2D eigenvalue weighted by atomic mass is 28.3. The van der Waals surface area contributed by atoms with Crippen molar-refractivity contribution >= 4 is 95.5 Å². The van der Waals surface area contributed by atoms with Gasteiger partial charge in [0.15, 0.2) is 43.0 Å². The minimum absolute atomic E-state index is 0.651. The van der Waals surface area contributed by atoms with E-state index in [4.69, 9.17) is 29.9 Å². The van der Waals surface area contributed by atoms with Crippen molar-refractivity contribution in [2.45, 2.75) is 6.55 Å². The zero-order valence-corrected chi connectivity index (χ0v) is 61.7. The van der Waals surface area contributed by atoms with Gasteiger partial charge in [0.25, 0.3) is 0 Å². The molecule has 17 aromatic carbocycles. The van der Waals surface area contributed by atoms with E-state index in [0.29, 0.717) is 34.9 Å².